The molecule has 0 radical (unpaired) electrons. The summed E-state index contributed by atoms with van der Waals surface area (Å²) in [5.41, 5.74) is 5.01. The Hall–Kier alpha value is -2.75. The minimum atomic E-state index is -0.175. The molecular formula is C28H30FNO. The lowest BCUT2D eigenvalue weighted by Gasteiger charge is -2.24. The smallest absolute Gasteiger partial charge is 0.123 e. The second kappa shape index (κ2) is 11.0. The molecule has 3 aromatic carbocycles. The lowest BCUT2D eigenvalue weighted by Crippen LogP contribution is -2.33. The Balaban J connectivity index is 1.33. The molecule has 1 heterocycles. The van der Waals surface area contributed by atoms with E-state index in [0.717, 1.165) is 32.2 Å². The van der Waals surface area contributed by atoms with Gasteiger partial charge in [-0.2, -0.15) is 0 Å². The fourth-order valence-electron chi connectivity index (χ4n) is 4.16. The summed E-state index contributed by atoms with van der Waals surface area (Å²) in [5, 5.41) is 3.59. The van der Waals surface area contributed by atoms with Gasteiger partial charge in [-0.3, -0.25) is 0 Å². The Morgan fingerprint density at radius 1 is 0.839 bits per heavy atom. The SMILES string of the molecule is Fc1ccc(CC[C@H]2C=C(CCOC(c3ccccc3)c3ccccc3)CCN2)cc1. The molecular weight excluding hydrogens is 385 g/mol. The molecule has 0 unspecified atom stereocenters. The molecule has 0 amide bonds. The Bertz CT molecular complexity index is 914. The normalized spacial score (nSPS) is 16.3. The van der Waals surface area contributed by atoms with Crippen LogP contribution >= 0.6 is 0 Å². The van der Waals surface area contributed by atoms with Gasteiger partial charge in [0.15, 0.2) is 0 Å². The van der Waals surface area contributed by atoms with E-state index in [1.165, 1.54) is 34.4 Å². The number of rotatable bonds is 9. The lowest BCUT2D eigenvalue weighted by molar-refractivity contribution is 0.0820. The van der Waals surface area contributed by atoms with E-state index in [-0.39, 0.29) is 11.9 Å². The van der Waals surface area contributed by atoms with Gasteiger partial charge < -0.3 is 10.1 Å². The highest BCUT2D eigenvalue weighted by molar-refractivity contribution is 5.30. The Labute approximate surface area is 184 Å². The molecule has 4 rings (SSSR count). The van der Waals surface area contributed by atoms with Crippen molar-refractivity contribution in [3.63, 3.8) is 0 Å². The minimum Gasteiger partial charge on any atom is -0.368 e. The van der Waals surface area contributed by atoms with Gasteiger partial charge in [-0.05, 0) is 61.1 Å². The van der Waals surface area contributed by atoms with Crippen LogP contribution in [0.25, 0.3) is 0 Å². The zero-order valence-electron chi connectivity index (χ0n) is 17.8. The highest BCUT2D eigenvalue weighted by Gasteiger charge is 2.16. The van der Waals surface area contributed by atoms with Crippen molar-refractivity contribution in [2.75, 3.05) is 13.2 Å². The predicted molar refractivity (Wildman–Crippen MR) is 125 cm³/mol. The molecule has 1 aliphatic rings. The number of aryl methyl sites for hydroxylation is 1. The molecule has 1 N–H and O–H groups in total. The van der Waals surface area contributed by atoms with Crippen molar-refractivity contribution in [1.29, 1.82) is 0 Å². The Kier molecular flexibility index (Phi) is 7.65. The van der Waals surface area contributed by atoms with E-state index in [0.29, 0.717) is 12.6 Å². The summed E-state index contributed by atoms with van der Waals surface area (Å²) in [5.74, 6) is -0.175. The van der Waals surface area contributed by atoms with Gasteiger partial charge in [-0.25, -0.2) is 4.39 Å². The predicted octanol–water partition coefficient (Wildman–Crippen LogP) is 6.24. The summed E-state index contributed by atoms with van der Waals surface area (Å²) in [7, 11) is 0. The molecule has 0 aliphatic carbocycles. The maximum Gasteiger partial charge on any atom is 0.123 e. The van der Waals surface area contributed by atoms with Crippen molar-refractivity contribution in [3.8, 4) is 0 Å². The summed E-state index contributed by atoms with van der Waals surface area (Å²) in [6.45, 7) is 1.70. The van der Waals surface area contributed by atoms with Crippen LogP contribution < -0.4 is 5.32 Å². The van der Waals surface area contributed by atoms with Crippen LogP contribution in [0.2, 0.25) is 0 Å². The molecule has 0 saturated carbocycles. The van der Waals surface area contributed by atoms with Gasteiger partial charge in [0.05, 0.1) is 6.61 Å². The average molecular weight is 416 g/mol. The van der Waals surface area contributed by atoms with Gasteiger partial charge in [-0.15, -0.1) is 0 Å². The summed E-state index contributed by atoms with van der Waals surface area (Å²) >= 11 is 0. The first kappa shape index (κ1) is 21.5. The third-order valence-electron chi connectivity index (χ3n) is 5.86. The number of halogens is 1. The van der Waals surface area contributed by atoms with Crippen LogP contribution in [0.4, 0.5) is 4.39 Å². The maximum atomic E-state index is 13.1. The van der Waals surface area contributed by atoms with E-state index in [1.54, 1.807) is 0 Å². The molecule has 0 fully saturated rings. The van der Waals surface area contributed by atoms with E-state index < -0.39 is 0 Å². The van der Waals surface area contributed by atoms with Crippen LogP contribution in [0.5, 0.6) is 0 Å². The minimum absolute atomic E-state index is 0.0426. The van der Waals surface area contributed by atoms with Gasteiger partial charge in [0, 0.05) is 6.04 Å². The summed E-state index contributed by atoms with van der Waals surface area (Å²) in [6.07, 6.45) is 6.31. The zero-order chi connectivity index (χ0) is 21.3. The van der Waals surface area contributed by atoms with Crippen LogP contribution in [0.15, 0.2) is 96.6 Å². The highest BCUT2D eigenvalue weighted by Crippen LogP contribution is 2.27. The first-order valence-corrected chi connectivity index (χ1v) is 11.2. The summed E-state index contributed by atoms with van der Waals surface area (Å²) in [4.78, 5) is 0. The maximum absolute atomic E-state index is 13.1. The second-order valence-corrected chi connectivity index (χ2v) is 8.12. The molecule has 0 aromatic heterocycles. The van der Waals surface area contributed by atoms with Crippen LogP contribution in [-0.4, -0.2) is 19.2 Å². The lowest BCUT2D eigenvalue weighted by atomic mass is 9.97. The van der Waals surface area contributed by atoms with E-state index in [2.05, 4.69) is 59.9 Å². The first-order valence-electron chi connectivity index (χ1n) is 11.2. The monoisotopic (exact) mass is 415 g/mol. The largest absolute Gasteiger partial charge is 0.368 e. The van der Waals surface area contributed by atoms with Gasteiger partial charge in [0.2, 0.25) is 0 Å². The van der Waals surface area contributed by atoms with Gasteiger partial charge in [0.1, 0.15) is 11.9 Å². The molecule has 3 aromatic rings. The fourth-order valence-corrected chi connectivity index (χ4v) is 4.16. The second-order valence-electron chi connectivity index (χ2n) is 8.12. The Morgan fingerprint density at radius 2 is 1.48 bits per heavy atom. The molecule has 0 bridgehead atoms. The third kappa shape index (κ3) is 6.36. The van der Waals surface area contributed by atoms with E-state index >= 15 is 0 Å². The molecule has 160 valence electrons. The first-order chi connectivity index (χ1) is 15.3. The highest BCUT2D eigenvalue weighted by atomic mass is 19.1. The topological polar surface area (TPSA) is 21.3 Å². The quantitative estimate of drug-likeness (QED) is 0.418. The molecule has 1 aliphatic heterocycles. The van der Waals surface area contributed by atoms with Crippen molar-refractivity contribution < 1.29 is 9.13 Å². The van der Waals surface area contributed by atoms with Crippen LogP contribution in [0, 0.1) is 5.82 Å². The van der Waals surface area contributed by atoms with Gasteiger partial charge in [0.25, 0.3) is 0 Å². The van der Waals surface area contributed by atoms with Crippen LogP contribution in [0.3, 0.4) is 0 Å². The van der Waals surface area contributed by atoms with Gasteiger partial charge >= 0.3 is 0 Å². The van der Waals surface area contributed by atoms with Gasteiger partial charge in [-0.1, -0.05) is 84.4 Å². The van der Waals surface area contributed by atoms with Crippen molar-refractivity contribution in [3.05, 3.63) is 119 Å². The number of hydrogen-bond donors (Lipinski definition) is 1. The third-order valence-corrected chi connectivity index (χ3v) is 5.86. The molecule has 0 saturated heterocycles. The van der Waals surface area contributed by atoms with E-state index in [4.69, 9.17) is 4.74 Å². The molecule has 0 spiro atoms. The number of ether oxygens (including phenoxy) is 1. The van der Waals surface area contributed by atoms with E-state index in [1.807, 2.05) is 24.3 Å². The number of nitrogens with one attached hydrogen (secondary N) is 1. The van der Waals surface area contributed by atoms with Crippen molar-refractivity contribution in [2.24, 2.45) is 0 Å². The molecule has 31 heavy (non-hydrogen) atoms. The van der Waals surface area contributed by atoms with Crippen molar-refractivity contribution >= 4 is 0 Å². The fraction of sp³-hybridized carbons (Fsp3) is 0.286. The van der Waals surface area contributed by atoms with Crippen molar-refractivity contribution in [2.45, 2.75) is 37.8 Å². The number of benzene rings is 3. The Morgan fingerprint density at radius 3 is 2.13 bits per heavy atom. The molecule has 1 atom stereocenters. The summed E-state index contributed by atoms with van der Waals surface area (Å²) in [6, 6.07) is 28.1. The van der Waals surface area contributed by atoms with E-state index in [9.17, 15) is 4.39 Å². The molecule has 2 nitrogen and oxygen atoms in total. The van der Waals surface area contributed by atoms with Crippen LogP contribution in [-0.2, 0) is 11.2 Å². The zero-order valence-corrected chi connectivity index (χ0v) is 17.8. The molecule has 3 heteroatoms. The average Bonchev–Trinajstić information content (AvgIpc) is 2.83. The van der Waals surface area contributed by atoms with Crippen LogP contribution in [0.1, 0.15) is 42.1 Å². The standard InChI is InChI=1S/C28H30FNO/c29-26-14-11-22(12-15-26)13-16-27-21-23(17-19-30-27)18-20-31-28(24-7-3-1-4-8-24)25-9-5-2-6-10-25/h1-12,14-15,21,27-28,30H,13,16-20H2/t27-/m0/s1. The summed E-state index contributed by atoms with van der Waals surface area (Å²) < 4.78 is 19.5. The van der Waals surface area contributed by atoms with Crippen molar-refractivity contribution in [1.82, 2.24) is 5.32 Å². The number of hydrogen-bond acceptors (Lipinski definition) is 2.